The number of carbonyl (C=O) groups is 3. The zero-order chi connectivity index (χ0) is 38.0. The molecule has 6 rings (SSSR count). The van der Waals surface area contributed by atoms with Gasteiger partial charge >= 0.3 is 0 Å². The lowest BCUT2D eigenvalue weighted by molar-refractivity contribution is -0.145. The van der Waals surface area contributed by atoms with Crippen molar-refractivity contribution >= 4 is 35.2 Å². The molecule has 0 unspecified atom stereocenters. The number of amides is 3. The van der Waals surface area contributed by atoms with Gasteiger partial charge in [-0.15, -0.1) is 0 Å². The van der Waals surface area contributed by atoms with Crippen LogP contribution in [0.15, 0.2) is 109 Å². The van der Waals surface area contributed by atoms with E-state index in [0.717, 1.165) is 60.7 Å². The van der Waals surface area contributed by atoms with Crippen LogP contribution in [0.3, 0.4) is 0 Å². The lowest BCUT2D eigenvalue weighted by Crippen LogP contribution is -2.56. The maximum absolute atomic E-state index is 14.7. The van der Waals surface area contributed by atoms with E-state index in [1.807, 2.05) is 91.5 Å². The highest BCUT2D eigenvalue weighted by Crippen LogP contribution is 2.23. The van der Waals surface area contributed by atoms with Gasteiger partial charge in [-0.1, -0.05) is 84.4 Å². The lowest BCUT2D eigenvalue weighted by atomic mass is 10.0. The Bertz CT molecular complexity index is 1860. The van der Waals surface area contributed by atoms with Crippen molar-refractivity contribution in [3.8, 4) is 0 Å². The Morgan fingerprint density at radius 1 is 0.685 bits per heavy atom. The molecule has 2 aliphatic heterocycles. The molecule has 0 aliphatic carbocycles. The Balaban J connectivity index is 1.22. The zero-order valence-corrected chi connectivity index (χ0v) is 32.2. The summed E-state index contributed by atoms with van der Waals surface area (Å²) in [6, 6.07) is 34.3. The molecule has 3 amide bonds. The third kappa shape index (κ3) is 10.2. The van der Waals surface area contributed by atoms with E-state index < -0.39 is 6.04 Å². The van der Waals surface area contributed by atoms with Crippen LogP contribution in [0, 0.1) is 6.92 Å². The highest BCUT2D eigenvalue weighted by atomic mass is 16.2. The second-order valence-corrected chi connectivity index (χ2v) is 14.7. The number of benzene rings is 4. The number of piperazine rings is 2. The number of hydrogen-bond acceptors (Lipinski definition) is 6. The minimum Gasteiger partial charge on any atom is -0.378 e. The van der Waals surface area contributed by atoms with Crippen molar-refractivity contribution in [1.29, 1.82) is 0 Å². The molecule has 0 saturated carbocycles. The van der Waals surface area contributed by atoms with Gasteiger partial charge in [-0.2, -0.15) is 0 Å². The third-order valence-electron chi connectivity index (χ3n) is 10.6. The molecular weight excluding hydrogens is 673 g/mol. The van der Waals surface area contributed by atoms with Crippen molar-refractivity contribution in [3.63, 3.8) is 0 Å². The number of carbonyl (C=O) groups excluding carboxylic acids is 3. The van der Waals surface area contributed by atoms with E-state index in [4.69, 9.17) is 0 Å². The summed E-state index contributed by atoms with van der Waals surface area (Å²) in [5.74, 6) is -0.112. The van der Waals surface area contributed by atoms with Crippen LogP contribution < -0.4 is 9.80 Å². The van der Waals surface area contributed by atoms with Crippen LogP contribution in [0.2, 0.25) is 0 Å². The fraction of sp³-hybridized carbons (Fsp3) is 0.356. The van der Waals surface area contributed by atoms with Crippen LogP contribution in [0.1, 0.15) is 34.7 Å². The third-order valence-corrected chi connectivity index (χ3v) is 10.6. The average Bonchev–Trinajstić information content (AvgIpc) is 3.20. The van der Waals surface area contributed by atoms with Gasteiger partial charge in [0.25, 0.3) is 0 Å². The summed E-state index contributed by atoms with van der Waals surface area (Å²) in [6.45, 7) is 10.5. The molecule has 2 fully saturated rings. The van der Waals surface area contributed by atoms with Gasteiger partial charge in [-0.3, -0.25) is 19.3 Å². The number of aryl methyl sites for hydroxylation is 1. The first kappa shape index (κ1) is 38.3. The van der Waals surface area contributed by atoms with E-state index >= 15 is 0 Å². The first-order valence-electron chi connectivity index (χ1n) is 19.1. The molecule has 2 saturated heterocycles. The Kier molecular flexibility index (Phi) is 12.8. The number of nitrogens with zero attached hydrogens (tertiary/aromatic N) is 6. The number of hydrogen-bond donors (Lipinski definition) is 0. The van der Waals surface area contributed by atoms with Crippen molar-refractivity contribution in [2.45, 2.75) is 39.4 Å². The van der Waals surface area contributed by atoms with E-state index in [-0.39, 0.29) is 17.7 Å². The first-order valence-corrected chi connectivity index (χ1v) is 19.1. The average molecular weight is 727 g/mol. The fourth-order valence-corrected chi connectivity index (χ4v) is 7.23. The Hall–Kier alpha value is -5.41. The van der Waals surface area contributed by atoms with Crippen molar-refractivity contribution in [2.75, 3.05) is 76.3 Å². The van der Waals surface area contributed by atoms with Crippen molar-refractivity contribution in [1.82, 2.24) is 19.6 Å². The van der Waals surface area contributed by atoms with E-state index in [1.165, 1.54) is 11.3 Å². The first-order chi connectivity index (χ1) is 26.1. The molecule has 4 aromatic rings. The molecule has 9 nitrogen and oxygen atoms in total. The lowest BCUT2D eigenvalue weighted by Gasteiger charge is -2.39. The summed E-state index contributed by atoms with van der Waals surface area (Å²) in [5.41, 5.74) is 7.56. The smallest absolute Gasteiger partial charge is 0.247 e. The molecular formula is C45H54N6O3. The summed E-state index contributed by atoms with van der Waals surface area (Å²) < 4.78 is 0. The molecule has 0 N–H and O–H groups in total. The van der Waals surface area contributed by atoms with Crippen LogP contribution in [0.4, 0.5) is 11.4 Å². The minimum absolute atomic E-state index is 0.0223. The monoisotopic (exact) mass is 726 g/mol. The predicted molar refractivity (Wildman–Crippen MR) is 218 cm³/mol. The summed E-state index contributed by atoms with van der Waals surface area (Å²) in [4.78, 5) is 53.3. The van der Waals surface area contributed by atoms with E-state index in [0.29, 0.717) is 39.1 Å². The standard InChI is InChI=1S/C45H54N6O3/c1-35-10-12-37(13-11-35)18-23-44(53)51(34-40-16-21-42(22-17-40)49-30-28-48(29-31-49)36(2)52)43(32-38-8-6-5-7-9-38)45(54)50-26-24-47(25-27-50)33-39-14-19-41(20-15-39)46(3)4/h5-23,43H,24-34H2,1-4H3/b23-18+/t43-/m0/s1. The molecule has 1 atom stereocenters. The topological polar surface area (TPSA) is 70.6 Å². The van der Waals surface area contributed by atoms with Gasteiger partial charge in [-0.05, 0) is 59.5 Å². The molecule has 0 aromatic heterocycles. The molecule has 2 heterocycles. The molecule has 0 bridgehead atoms. The quantitative estimate of drug-likeness (QED) is 0.174. The van der Waals surface area contributed by atoms with E-state index in [9.17, 15) is 14.4 Å². The van der Waals surface area contributed by atoms with Gasteiger partial charge in [0, 0.05) is 110 Å². The molecule has 0 spiro atoms. The van der Waals surface area contributed by atoms with E-state index in [1.54, 1.807) is 17.9 Å². The minimum atomic E-state index is -0.688. The van der Waals surface area contributed by atoms with E-state index in [2.05, 4.69) is 63.2 Å². The number of rotatable bonds is 12. The van der Waals surface area contributed by atoms with Crippen molar-refractivity contribution in [3.05, 3.63) is 137 Å². The van der Waals surface area contributed by atoms with Gasteiger partial charge in [0.05, 0.1) is 0 Å². The van der Waals surface area contributed by atoms with Crippen molar-refractivity contribution < 1.29 is 14.4 Å². The largest absolute Gasteiger partial charge is 0.378 e. The van der Waals surface area contributed by atoms with Crippen LogP contribution in [0.5, 0.6) is 0 Å². The molecule has 0 radical (unpaired) electrons. The van der Waals surface area contributed by atoms with Crippen LogP contribution in [-0.2, 0) is 33.9 Å². The maximum atomic E-state index is 14.7. The molecule has 9 heteroatoms. The summed E-state index contributed by atoms with van der Waals surface area (Å²) in [5, 5.41) is 0. The maximum Gasteiger partial charge on any atom is 0.247 e. The van der Waals surface area contributed by atoms with Gasteiger partial charge in [-0.25, -0.2) is 0 Å². The highest BCUT2D eigenvalue weighted by Gasteiger charge is 2.34. The Morgan fingerprint density at radius 3 is 1.91 bits per heavy atom. The summed E-state index contributed by atoms with van der Waals surface area (Å²) in [6.07, 6.45) is 3.87. The summed E-state index contributed by atoms with van der Waals surface area (Å²) >= 11 is 0. The highest BCUT2D eigenvalue weighted by molar-refractivity contribution is 5.96. The van der Waals surface area contributed by atoms with Gasteiger partial charge in [0.1, 0.15) is 6.04 Å². The van der Waals surface area contributed by atoms with Gasteiger partial charge in [0.15, 0.2) is 0 Å². The van der Waals surface area contributed by atoms with Crippen LogP contribution in [-0.4, -0.2) is 110 Å². The SMILES string of the molecule is CC(=O)N1CCN(c2ccc(CN(C(=O)/C=C/c3ccc(C)cc3)[C@@H](Cc3ccccc3)C(=O)N3CCN(Cc4ccc(N(C)C)cc4)CC3)cc2)CC1. The summed E-state index contributed by atoms with van der Waals surface area (Å²) in [7, 11) is 4.09. The molecule has 4 aromatic carbocycles. The molecule has 54 heavy (non-hydrogen) atoms. The normalized spacial score (nSPS) is 15.7. The predicted octanol–water partition coefficient (Wildman–Crippen LogP) is 5.73. The molecule has 2 aliphatic rings. The van der Waals surface area contributed by atoms with Crippen LogP contribution in [0.25, 0.3) is 6.08 Å². The fourth-order valence-electron chi connectivity index (χ4n) is 7.23. The van der Waals surface area contributed by atoms with Gasteiger partial charge in [0.2, 0.25) is 17.7 Å². The molecule has 282 valence electrons. The zero-order valence-electron chi connectivity index (χ0n) is 32.2. The van der Waals surface area contributed by atoms with Crippen molar-refractivity contribution in [2.24, 2.45) is 0 Å². The Labute approximate surface area is 321 Å². The second kappa shape index (κ2) is 18.1. The van der Waals surface area contributed by atoms with Gasteiger partial charge < -0.3 is 24.5 Å². The number of anilines is 2. The second-order valence-electron chi connectivity index (χ2n) is 14.7. The van der Waals surface area contributed by atoms with Crippen LogP contribution >= 0.6 is 0 Å². The Morgan fingerprint density at radius 2 is 1.30 bits per heavy atom.